The van der Waals surface area contributed by atoms with Gasteiger partial charge in [0.2, 0.25) is 0 Å². The molecule has 0 fully saturated rings. The van der Waals surface area contributed by atoms with Crippen molar-refractivity contribution < 1.29 is 17.9 Å². The second-order valence-electron chi connectivity index (χ2n) is 9.82. The first-order valence-corrected chi connectivity index (χ1v) is 14.3. The third kappa shape index (κ3) is 4.35. The van der Waals surface area contributed by atoms with E-state index < -0.39 is 16.2 Å². The topological polar surface area (TPSA) is 70.2 Å². The number of anilines is 1. The van der Waals surface area contributed by atoms with Crippen LogP contribution in [-0.4, -0.2) is 38.0 Å². The van der Waals surface area contributed by atoms with Gasteiger partial charge in [-0.3, -0.25) is 9.80 Å². The van der Waals surface area contributed by atoms with Gasteiger partial charge in [0, 0.05) is 17.7 Å². The van der Waals surface area contributed by atoms with Crippen molar-refractivity contribution in [1.82, 2.24) is 10.0 Å². The summed E-state index contributed by atoms with van der Waals surface area (Å²) in [6, 6.07) is 29.3. The lowest BCUT2D eigenvalue weighted by Crippen LogP contribution is -2.54. The summed E-state index contributed by atoms with van der Waals surface area (Å²) in [7, 11) is -2.47. The van der Waals surface area contributed by atoms with Gasteiger partial charge in [-0.15, -0.1) is 0 Å². The fraction of sp³-hybridized carbons (Fsp3) is 0.194. The lowest BCUT2D eigenvalue weighted by molar-refractivity contribution is -0.0435. The molecule has 2 heterocycles. The summed E-state index contributed by atoms with van der Waals surface area (Å²) in [6.45, 7) is 2.60. The number of carbonyl (C=O) groups excluding carboxylic acids is 1. The fourth-order valence-electron chi connectivity index (χ4n) is 5.45. The number of hydrogen-bond acceptors (Lipinski definition) is 5. The number of fused-ring (bicyclic) bond motifs is 4. The molecule has 6 rings (SSSR count). The van der Waals surface area contributed by atoms with E-state index in [1.54, 1.807) is 60.6 Å². The third-order valence-corrected chi connectivity index (χ3v) is 9.22. The molecule has 0 saturated carbocycles. The molecule has 0 spiro atoms. The minimum absolute atomic E-state index is 0.191. The van der Waals surface area contributed by atoms with E-state index in [4.69, 9.17) is 4.74 Å². The second kappa shape index (κ2) is 9.87. The molecule has 2 aliphatic heterocycles. The first-order chi connectivity index (χ1) is 18.9. The zero-order valence-corrected chi connectivity index (χ0v) is 22.6. The average molecular weight is 540 g/mol. The Balaban J connectivity index is 1.62. The van der Waals surface area contributed by atoms with Crippen LogP contribution in [0.3, 0.4) is 0 Å². The van der Waals surface area contributed by atoms with Gasteiger partial charge in [-0.1, -0.05) is 60.2 Å². The molecule has 4 aromatic carbocycles. The average Bonchev–Trinajstić information content (AvgIpc) is 3.12. The van der Waals surface area contributed by atoms with Crippen molar-refractivity contribution in [3.63, 3.8) is 0 Å². The van der Waals surface area contributed by atoms with Crippen molar-refractivity contribution in [2.45, 2.75) is 31.0 Å². The van der Waals surface area contributed by atoms with Gasteiger partial charge < -0.3 is 4.74 Å². The zero-order chi connectivity index (χ0) is 27.1. The Morgan fingerprint density at radius 1 is 0.872 bits per heavy atom. The zero-order valence-electron chi connectivity index (χ0n) is 21.8. The normalized spacial score (nSPS) is 17.0. The molecule has 198 valence electrons. The summed E-state index contributed by atoms with van der Waals surface area (Å²) in [5.41, 5.74) is 4.63. The summed E-state index contributed by atoms with van der Waals surface area (Å²) < 4.78 is 36.1. The molecule has 4 aromatic rings. The highest BCUT2D eigenvalue weighted by Gasteiger charge is 2.46. The Labute approximate surface area is 228 Å². The van der Waals surface area contributed by atoms with Gasteiger partial charge in [0.1, 0.15) is 11.9 Å². The van der Waals surface area contributed by atoms with E-state index in [-0.39, 0.29) is 17.3 Å². The predicted octanol–water partition coefficient (Wildman–Crippen LogP) is 5.33. The van der Waals surface area contributed by atoms with Gasteiger partial charge in [-0.05, 0) is 66.9 Å². The Hall–Kier alpha value is -4.14. The molecule has 0 radical (unpaired) electrons. The molecule has 2 aliphatic rings. The second-order valence-corrected chi connectivity index (χ2v) is 11.6. The summed E-state index contributed by atoms with van der Waals surface area (Å²) in [5.74, 6) is 0.400. The van der Waals surface area contributed by atoms with Crippen LogP contribution in [0.15, 0.2) is 102 Å². The van der Waals surface area contributed by atoms with Crippen LogP contribution < -0.4 is 9.04 Å². The van der Waals surface area contributed by atoms with E-state index in [0.29, 0.717) is 35.5 Å². The highest BCUT2D eigenvalue weighted by atomic mass is 32.2. The van der Waals surface area contributed by atoms with Crippen LogP contribution in [0, 0.1) is 6.92 Å². The number of amides is 1. The van der Waals surface area contributed by atoms with E-state index in [1.165, 1.54) is 4.31 Å². The molecule has 0 bridgehead atoms. The first-order valence-electron chi connectivity index (χ1n) is 12.9. The lowest BCUT2D eigenvalue weighted by Gasteiger charge is -2.45. The molecule has 1 unspecified atom stereocenters. The van der Waals surface area contributed by atoms with Crippen molar-refractivity contribution in [3.8, 4) is 5.75 Å². The molecule has 7 nitrogen and oxygen atoms in total. The molecule has 0 saturated heterocycles. The number of ether oxygens (including phenoxy) is 1. The monoisotopic (exact) mass is 539 g/mol. The Morgan fingerprint density at radius 2 is 1.59 bits per heavy atom. The molecule has 1 atom stereocenters. The Bertz CT molecular complexity index is 1640. The van der Waals surface area contributed by atoms with Crippen molar-refractivity contribution in [2.24, 2.45) is 0 Å². The number of hydrogen-bond donors (Lipinski definition) is 0. The van der Waals surface area contributed by atoms with E-state index in [0.717, 1.165) is 16.7 Å². The van der Waals surface area contributed by atoms with Crippen molar-refractivity contribution in [2.75, 3.05) is 18.0 Å². The number of aryl methyl sites for hydroxylation is 1. The molecular formula is C31H29N3O4S. The Kier molecular flexibility index (Phi) is 6.37. The molecule has 0 aromatic heterocycles. The number of methoxy groups -OCH3 is 1. The van der Waals surface area contributed by atoms with Crippen molar-refractivity contribution in [3.05, 3.63) is 125 Å². The smallest absolute Gasteiger partial charge is 0.268 e. The number of rotatable bonds is 4. The molecular weight excluding hydrogens is 510 g/mol. The molecule has 39 heavy (non-hydrogen) atoms. The van der Waals surface area contributed by atoms with Gasteiger partial charge in [-0.2, -0.15) is 5.01 Å². The van der Waals surface area contributed by atoms with Crippen LogP contribution >= 0.6 is 0 Å². The van der Waals surface area contributed by atoms with Crippen molar-refractivity contribution in [1.29, 1.82) is 0 Å². The van der Waals surface area contributed by atoms with E-state index in [9.17, 15) is 13.2 Å². The van der Waals surface area contributed by atoms with E-state index in [2.05, 4.69) is 0 Å². The maximum Gasteiger partial charge on any atom is 0.268 e. The maximum atomic E-state index is 14.5. The number of hydrazine groups is 1. The number of benzene rings is 4. The highest BCUT2D eigenvalue weighted by Crippen LogP contribution is 2.45. The van der Waals surface area contributed by atoms with Gasteiger partial charge in [0.25, 0.3) is 15.9 Å². The molecule has 0 N–H and O–H groups in total. The lowest BCUT2D eigenvalue weighted by atomic mass is 9.97. The molecule has 8 heteroatoms. The van der Waals surface area contributed by atoms with E-state index in [1.807, 2.05) is 60.5 Å². The molecule has 1 amide bonds. The Morgan fingerprint density at radius 3 is 2.33 bits per heavy atom. The summed E-state index contributed by atoms with van der Waals surface area (Å²) in [6.07, 6.45) is -0.0767. The van der Waals surface area contributed by atoms with Crippen LogP contribution in [0.25, 0.3) is 0 Å². The maximum absolute atomic E-state index is 14.5. The summed E-state index contributed by atoms with van der Waals surface area (Å²) in [4.78, 5) is 14.2. The van der Waals surface area contributed by atoms with Gasteiger partial charge in [0.15, 0.2) is 0 Å². The van der Waals surface area contributed by atoms with Crippen LogP contribution in [0.4, 0.5) is 5.69 Å². The van der Waals surface area contributed by atoms with E-state index >= 15 is 0 Å². The summed E-state index contributed by atoms with van der Waals surface area (Å²) in [5, 5.41) is 3.61. The third-order valence-electron chi connectivity index (χ3n) is 7.44. The van der Waals surface area contributed by atoms with Crippen LogP contribution in [0.5, 0.6) is 5.75 Å². The number of nitrogens with zero attached hydrogens (tertiary/aromatic N) is 3. The standard InChI is InChI=1S/C31H29N3O4S/c1-22-12-15-27(16-13-22)39(36,37)34-29-17-14-26(38-2)20-25(29)21-33(31(35)24-9-4-3-5-10-24)32-19-18-23-8-6-7-11-28(23)30(32)34/h3-17,20,30H,18-19,21H2,1-2H3. The minimum Gasteiger partial charge on any atom is -0.497 e. The molecule has 0 aliphatic carbocycles. The predicted molar refractivity (Wildman–Crippen MR) is 150 cm³/mol. The SMILES string of the molecule is COc1ccc2c(c1)CN(C(=O)c1ccccc1)N1CCc3ccccc3C1N2S(=O)(=O)c1ccc(C)cc1. The van der Waals surface area contributed by atoms with Gasteiger partial charge >= 0.3 is 0 Å². The summed E-state index contributed by atoms with van der Waals surface area (Å²) >= 11 is 0. The van der Waals surface area contributed by atoms with Crippen LogP contribution in [0.1, 0.15) is 38.8 Å². The van der Waals surface area contributed by atoms with Gasteiger partial charge in [-0.25, -0.2) is 12.7 Å². The van der Waals surface area contributed by atoms with Crippen LogP contribution in [-0.2, 0) is 23.0 Å². The quantitative estimate of drug-likeness (QED) is 0.351. The highest BCUT2D eigenvalue weighted by molar-refractivity contribution is 7.92. The first kappa shape index (κ1) is 25.2. The van der Waals surface area contributed by atoms with Crippen molar-refractivity contribution >= 4 is 21.6 Å². The minimum atomic E-state index is -4.05. The number of carbonyl (C=O) groups is 1. The largest absolute Gasteiger partial charge is 0.497 e. The fourth-order valence-corrected chi connectivity index (χ4v) is 7.08. The van der Waals surface area contributed by atoms with Crippen LogP contribution in [0.2, 0.25) is 0 Å². The number of sulfonamides is 1. The van der Waals surface area contributed by atoms with Gasteiger partial charge in [0.05, 0.1) is 24.2 Å².